The molecule has 0 bridgehead atoms. The molecular weight excluding hydrogens is 461 g/mol. The largest absolute Gasteiger partial charge is 0.416 e. The molecule has 180 valence electrons. The van der Waals surface area contributed by atoms with E-state index in [4.69, 9.17) is 0 Å². The van der Waals surface area contributed by atoms with Crippen LogP contribution in [-0.2, 0) is 6.18 Å². The van der Waals surface area contributed by atoms with E-state index in [1.54, 1.807) is 36.0 Å². The van der Waals surface area contributed by atoms with Crippen LogP contribution in [0.15, 0.2) is 55.0 Å². The molecular formula is C23H21F3N8O. The molecule has 1 aromatic carbocycles. The van der Waals surface area contributed by atoms with Gasteiger partial charge >= 0.3 is 6.18 Å². The fourth-order valence-electron chi connectivity index (χ4n) is 3.26. The van der Waals surface area contributed by atoms with Crippen LogP contribution in [0.2, 0.25) is 0 Å². The summed E-state index contributed by atoms with van der Waals surface area (Å²) >= 11 is 0. The van der Waals surface area contributed by atoms with Crippen LogP contribution >= 0.6 is 0 Å². The van der Waals surface area contributed by atoms with Gasteiger partial charge in [0.2, 0.25) is 0 Å². The Labute approximate surface area is 198 Å². The van der Waals surface area contributed by atoms with Gasteiger partial charge in [-0.15, -0.1) is 0 Å². The normalized spacial score (nSPS) is 11.3. The average molecular weight is 482 g/mol. The van der Waals surface area contributed by atoms with Crippen molar-refractivity contribution in [2.45, 2.75) is 20.0 Å². The molecule has 0 radical (unpaired) electrons. The molecule has 4 rings (SSSR count). The predicted molar refractivity (Wildman–Crippen MR) is 125 cm³/mol. The van der Waals surface area contributed by atoms with E-state index in [0.29, 0.717) is 23.1 Å². The fraction of sp³-hybridized carbons (Fsp3) is 0.174. The third kappa shape index (κ3) is 5.37. The first-order valence-electron chi connectivity index (χ1n) is 10.4. The lowest BCUT2D eigenvalue weighted by Gasteiger charge is -2.13. The lowest BCUT2D eigenvalue weighted by molar-refractivity contribution is -0.137. The SMILES string of the molecule is CNc1cc(-n2nc(C)cc2Nc2cc(C(=O)Nc3cc(C(F)(F)F)ccn3)ccc2C)ncn1. The number of aromatic nitrogens is 5. The highest BCUT2D eigenvalue weighted by molar-refractivity contribution is 6.04. The molecule has 0 saturated carbocycles. The van der Waals surface area contributed by atoms with Crippen LogP contribution in [0.3, 0.4) is 0 Å². The van der Waals surface area contributed by atoms with Gasteiger partial charge in [-0.2, -0.15) is 23.0 Å². The number of amides is 1. The average Bonchev–Trinajstić information content (AvgIpc) is 3.20. The first kappa shape index (κ1) is 23.7. The minimum absolute atomic E-state index is 0.197. The van der Waals surface area contributed by atoms with E-state index in [9.17, 15) is 18.0 Å². The number of pyridine rings is 1. The Morgan fingerprint density at radius 3 is 2.51 bits per heavy atom. The van der Waals surface area contributed by atoms with Gasteiger partial charge in [0.25, 0.3) is 5.91 Å². The van der Waals surface area contributed by atoms with Crippen molar-refractivity contribution in [2.75, 3.05) is 23.0 Å². The second-order valence-electron chi connectivity index (χ2n) is 7.63. The summed E-state index contributed by atoms with van der Waals surface area (Å²) in [5.74, 6) is 0.953. The summed E-state index contributed by atoms with van der Waals surface area (Å²) in [6.07, 6.45) is -2.13. The van der Waals surface area contributed by atoms with E-state index in [-0.39, 0.29) is 11.4 Å². The maximum Gasteiger partial charge on any atom is 0.416 e. The monoisotopic (exact) mass is 482 g/mol. The number of carbonyl (C=O) groups is 1. The summed E-state index contributed by atoms with van der Waals surface area (Å²) in [6.45, 7) is 3.69. The topological polar surface area (TPSA) is 110 Å². The molecule has 0 aliphatic heterocycles. The number of aryl methyl sites for hydroxylation is 2. The van der Waals surface area contributed by atoms with Crippen molar-refractivity contribution < 1.29 is 18.0 Å². The maximum atomic E-state index is 13.0. The number of rotatable bonds is 6. The third-order valence-electron chi connectivity index (χ3n) is 5.05. The van der Waals surface area contributed by atoms with E-state index in [2.05, 4.69) is 36.0 Å². The molecule has 3 aromatic heterocycles. The van der Waals surface area contributed by atoms with Gasteiger partial charge in [0, 0.05) is 36.6 Å². The van der Waals surface area contributed by atoms with Crippen molar-refractivity contribution in [1.29, 1.82) is 0 Å². The van der Waals surface area contributed by atoms with Gasteiger partial charge in [-0.25, -0.2) is 15.0 Å². The zero-order chi connectivity index (χ0) is 25.2. The third-order valence-corrected chi connectivity index (χ3v) is 5.05. The molecule has 0 aliphatic rings. The molecule has 3 heterocycles. The summed E-state index contributed by atoms with van der Waals surface area (Å²) in [7, 11) is 1.74. The van der Waals surface area contributed by atoms with Gasteiger partial charge in [-0.1, -0.05) is 6.07 Å². The molecule has 0 saturated heterocycles. The van der Waals surface area contributed by atoms with Crippen LogP contribution in [0.1, 0.15) is 27.2 Å². The van der Waals surface area contributed by atoms with Gasteiger partial charge in [0.1, 0.15) is 23.8 Å². The standard InChI is InChI=1S/C23H21F3N8O/c1-13-4-5-15(22(35)32-19-10-16(6-7-28-19)23(24,25)26)9-17(13)31-21-8-14(2)33-34(21)20-11-18(27-3)29-12-30-20/h4-12,31H,1-3H3,(H,27,29,30)(H,28,32,35). The summed E-state index contributed by atoms with van der Waals surface area (Å²) in [5, 5.41) is 13.1. The number of benzene rings is 1. The van der Waals surface area contributed by atoms with Crippen LogP contribution in [0.4, 0.5) is 36.3 Å². The highest BCUT2D eigenvalue weighted by Crippen LogP contribution is 2.30. The van der Waals surface area contributed by atoms with E-state index >= 15 is 0 Å². The van der Waals surface area contributed by atoms with Gasteiger partial charge in [0.05, 0.1) is 11.3 Å². The van der Waals surface area contributed by atoms with Crippen LogP contribution in [-0.4, -0.2) is 37.7 Å². The Balaban J connectivity index is 1.60. The first-order chi connectivity index (χ1) is 16.6. The molecule has 0 aliphatic carbocycles. The number of anilines is 4. The quantitative estimate of drug-likeness (QED) is 0.364. The Kier molecular flexibility index (Phi) is 6.36. The van der Waals surface area contributed by atoms with E-state index < -0.39 is 17.6 Å². The van der Waals surface area contributed by atoms with Gasteiger partial charge in [-0.3, -0.25) is 4.79 Å². The van der Waals surface area contributed by atoms with Crippen LogP contribution < -0.4 is 16.0 Å². The molecule has 1 amide bonds. The van der Waals surface area contributed by atoms with Gasteiger partial charge in [-0.05, 0) is 43.7 Å². The van der Waals surface area contributed by atoms with E-state index in [1.165, 1.54) is 6.33 Å². The summed E-state index contributed by atoms with van der Waals surface area (Å²) < 4.78 is 40.5. The molecule has 4 aromatic rings. The molecule has 35 heavy (non-hydrogen) atoms. The second kappa shape index (κ2) is 9.41. The highest BCUT2D eigenvalue weighted by Gasteiger charge is 2.30. The zero-order valence-corrected chi connectivity index (χ0v) is 19.0. The number of halogens is 3. The molecule has 0 spiro atoms. The Hall–Kier alpha value is -4.48. The zero-order valence-electron chi connectivity index (χ0n) is 19.0. The predicted octanol–water partition coefficient (Wildman–Crippen LogP) is 4.73. The maximum absolute atomic E-state index is 13.0. The number of alkyl halides is 3. The van der Waals surface area contributed by atoms with Crippen molar-refractivity contribution in [3.05, 3.63) is 77.4 Å². The molecule has 9 nitrogen and oxygen atoms in total. The second-order valence-corrected chi connectivity index (χ2v) is 7.63. The summed E-state index contributed by atoms with van der Waals surface area (Å²) in [4.78, 5) is 24.9. The minimum Gasteiger partial charge on any atom is -0.373 e. The van der Waals surface area contributed by atoms with Crippen LogP contribution in [0.5, 0.6) is 0 Å². The van der Waals surface area contributed by atoms with Crippen molar-refractivity contribution in [2.24, 2.45) is 0 Å². The van der Waals surface area contributed by atoms with Gasteiger partial charge in [0.15, 0.2) is 5.82 Å². The van der Waals surface area contributed by atoms with E-state index in [0.717, 1.165) is 29.6 Å². The molecule has 12 heteroatoms. The number of hydrogen-bond acceptors (Lipinski definition) is 7. The van der Waals surface area contributed by atoms with Crippen molar-refractivity contribution in [1.82, 2.24) is 24.7 Å². The van der Waals surface area contributed by atoms with Gasteiger partial charge < -0.3 is 16.0 Å². The lowest BCUT2D eigenvalue weighted by Crippen LogP contribution is -2.15. The number of carbonyl (C=O) groups excluding carboxylic acids is 1. The highest BCUT2D eigenvalue weighted by atomic mass is 19.4. The first-order valence-corrected chi connectivity index (χ1v) is 10.4. The molecule has 3 N–H and O–H groups in total. The Morgan fingerprint density at radius 1 is 0.971 bits per heavy atom. The number of nitrogens with zero attached hydrogens (tertiary/aromatic N) is 5. The Bertz CT molecular complexity index is 1380. The van der Waals surface area contributed by atoms with Crippen molar-refractivity contribution in [3.63, 3.8) is 0 Å². The minimum atomic E-state index is -4.54. The summed E-state index contributed by atoms with van der Waals surface area (Å²) in [6, 6.07) is 10.1. The molecule has 0 atom stereocenters. The van der Waals surface area contributed by atoms with E-state index in [1.807, 2.05) is 19.9 Å². The van der Waals surface area contributed by atoms with Crippen LogP contribution in [0, 0.1) is 13.8 Å². The fourth-order valence-corrected chi connectivity index (χ4v) is 3.26. The smallest absolute Gasteiger partial charge is 0.373 e. The molecule has 0 fully saturated rings. The van der Waals surface area contributed by atoms with Crippen molar-refractivity contribution >= 4 is 29.0 Å². The lowest BCUT2D eigenvalue weighted by atomic mass is 10.1. The van der Waals surface area contributed by atoms with Crippen LogP contribution in [0.25, 0.3) is 5.82 Å². The number of nitrogens with one attached hydrogen (secondary N) is 3. The van der Waals surface area contributed by atoms with Crippen molar-refractivity contribution in [3.8, 4) is 5.82 Å². The molecule has 0 unspecified atom stereocenters. The Morgan fingerprint density at radius 2 is 1.77 bits per heavy atom. The summed E-state index contributed by atoms with van der Waals surface area (Å²) in [5.41, 5.74) is 1.52. The number of hydrogen-bond donors (Lipinski definition) is 3.